The normalized spacial score (nSPS) is 24.3. The van der Waals surface area contributed by atoms with Crippen LogP contribution >= 0.6 is 11.6 Å². The summed E-state index contributed by atoms with van der Waals surface area (Å²) in [5.74, 6) is -0.153. The van der Waals surface area contributed by atoms with Gasteiger partial charge in [0.25, 0.3) is 5.91 Å². The van der Waals surface area contributed by atoms with Crippen LogP contribution in [-0.2, 0) is 9.53 Å². The van der Waals surface area contributed by atoms with Crippen molar-refractivity contribution in [3.8, 4) is 0 Å². The molecule has 0 saturated carbocycles. The number of ether oxygens (including phenoxy) is 1. The van der Waals surface area contributed by atoms with Crippen molar-refractivity contribution >= 4 is 34.3 Å². The Bertz CT molecular complexity index is 834. The minimum Gasteiger partial charge on any atom is -0.361 e. The standard InChI is InChI=1S/C17H18ClN3O3/c1-20-9-17(24-8-13(20)22)6-7-21(10-17)16(23)15-14(18)11-4-2-3-5-12(11)19-15/h2-5,19H,6-10H2,1H3/t17-/m0/s1. The molecule has 1 aromatic carbocycles. The summed E-state index contributed by atoms with van der Waals surface area (Å²) in [6.07, 6.45) is 0.716. The summed E-state index contributed by atoms with van der Waals surface area (Å²) in [4.78, 5) is 31.0. The van der Waals surface area contributed by atoms with Crippen molar-refractivity contribution in [3.05, 3.63) is 35.0 Å². The van der Waals surface area contributed by atoms with Gasteiger partial charge < -0.3 is 19.5 Å². The van der Waals surface area contributed by atoms with Gasteiger partial charge >= 0.3 is 0 Å². The van der Waals surface area contributed by atoms with Gasteiger partial charge in [0.2, 0.25) is 5.91 Å². The van der Waals surface area contributed by atoms with Gasteiger partial charge in [-0.1, -0.05) is 29.8 Å². The molecule has 2 aromatic rings. The lowest BCUT2D eigenvalue weighted by Gasteiger charge is -2.38. The highest BCUT2D eigenvalue weighted by Gasteiger charge is 2.45. The number of morpholine rings is 1. The summed E-state index contributed by atoms with van der Waals surface area (Å²) in [5.41, 5.74) is 0.797. The fourth-order valence-electron chi connectivity index (χ4n) is 3.57. The monoisotopic (exact) mass is 347 g/mol. The van der Waals surface area contributed by atoms with Gasteiger partial charge in [0.05, 0.1) is 18.1 Å². The van der Waals surface area contributed by atoms with Gasteiger partial charge in [-0.3, -0.25) is 9.59 Å². The molecule has 0 unspecified atom stereocenters. The summed E-state index contributed by atoms with van der Waals surface area (Å²) in [6, 6.07) is 7.58. The third-order valence-electron chi connectivity index (χ3n) is 4.91. The Kier molecular flexibility index (Phi) is 3.54. The Hall–Kier alpha value is -2.05. The maximum atomic E-state index is 12.9. The number of para-hydroxylation sites is 1. The van der Waals surface area contributed by atoms with Crippen molar-refractivity contribution in [1.82, 2.24) is 14.8 Å². The summed E-state index contributed by atoms with van der Waals surface area (Å²) < 4.78 is 5.79. The number of likely N-dealkylation sites (N-methyl/N-ethyl adjacent to an activating group) is 1. The summed E-state index contributed by atoms with van der Waals surface area (Å²) in [5, 5.41) is 1.30. The number of H-pyrrole nitrogens is 1. The zero-order valence-electron chi connectivity index (χ0n) is 13.3. The molecule has 1 N–H and O–H groups in total. The van der Waals surface area contributed by atoms with Gasteiger partial charge in [-0.2, -0.15) is 0 Å². The van der Waals surface area contributed by atoms with Crippen LogP contribution in [0, 0.1) is 0 Å². The quantitative estimate of drug-likeness (QED) is 0.856. The van der Waals surface area contributed by atoms with E-state index in [0.717, 1.165) is 10.9 Å². The number of hydrogen-bond acceptors (Lipinski definition) is 3. The van der Waals surface area contributed by atoms with E-state index in [1.54, 1.807) is 16.8 Å². The topological polar surface area (TPSA) is 65.6 Å². The Balaban J connectivity index is 1.57. The summed E-state index contributed by atoms with van der Waals surface area (Å²) in [6.45, 7) is 1.64. The number of rotatable bonds is 1. The van der Waals surface area contributed by atoms with Crippen LogP contribution in [0.25, 0.3) is 10.9 Å². The van der Waals surface area contributed by atoms with Crippen molar-refractivity contribution in [2.45, 2.75) is 12.0 Å². The highest BCUT2D eigenvalue weighted by atomic mass is 35.5. The molecule has 2 saturated heterocycles. The molecule has 4 rings (SSSR count). The number of carbonyl (C=O) groups is 2. The molecule has 1 atom stereocenters. The number of nitrogens with one attached hydrogen (secondary N) is 1. The molecule has 7 heteroatoms. The molecule has 1 spiro atoms. The van der Waals surface area contributed by atoms with Crippen LogP contribution in [0.5, 0.6) is 0 Å². The number of nitrogens with zero attached hydrogens (tertiary/aromatic N) is 2. The molecule has 0 radical (unpaired) electrons. The van der Waals surface area contributed by atoms with Gasteiger partial charge in [0.1, 0.15) is 17.9 Å². The minimum atomic E-state index is -0.461. The Morgan fingerprint density at radius 2 is 2.12 bits per heavy atom. The fourth-order valence-corrected chi connectivity index (χ4v) is 3.86. The van der Waals surface area contributed by atoms with Gasteiger partial charge in [0, 0.05) is 24.5 Å². The number of benzene rings is 1. The molecule has 2 aliphatic heterocycles. The minimum absolute atomic E-state index is 0.0240. The lowest BCUT2D eigenvalue weighted by Crippen LogP contribution is -2.54. The van der Waals surface area contributed by atoms with E-state index in [1.807, 2.05) is 24.3 Å². The molecule has 2 amide bonds. The number of amides is 2. The maximum Gasteiger partial charge on any atom is 0.271 e. The largest absolute Gasteiger partial charge is 0.361 e. The average Bonchev–Trinajstić information content (AvgIpc) is 3.14. The lowest BCUT2D eigenvalue weighted by molar-refractivity contribution is -0.158. The van der Waals surface area contributed by atoms with E-state index >= 15 is 0 Å². The Morgan fingerprint density at radius 3 is 2.88 bits per heavy atom. The first-order valence-electron chi connectivity index (χ1n) is 7.92. The molecule has 0 bridgehead atoms. The smallest absolute Gasteiger partial charge is 0.271 e. The summed E-state index contributed by atoms with van der Waals surface area (Å²) >= 11 is 6.39. The number of aromatic nitrogens is 1. The molecule has 2 aliphatic rings. The van der Waals surface area contributed by atoms with Crippen molar-refractivity contribution in [2.24, 2.45) is 0 Å². The summed E-state index contributed by atoms with van der Waals surface area (Å²) in [7, 11) is 1.77. The van der Waals surface area contributed by atoms with Crippen molar-refractivity contribution in [1.29, 1.82) is 0 Å². The SMILES string of the molecule is CN1C[C@]2(CCN(C(=O)c3[nH]c4ccccc4c3Cl)C2)OCC1=O. The lowest BCUT2D eigenvalue weighted by atomic mass is 10.0. The van der Waals surface area contributed by atoms with Crippen molar-refractivity contribution < 1.29 is 14.3 Å². The number of carbonyl (C=O) groups excluding carboxylic acids is 2. The van der Waals surface area contributed by atoms with Crippen LogP contribution in [0.1, 0.15) is 16.9 Å². The van der Waals surface area contributed by atoms with E-state index in [0.29, 0.717) is 36.8 Å². The Labute approximate surface area is 144 Å². The number of fused-ring (bicyclic) bond motifs is 1. The molecular weight excluding hydrogens is 330 g/mol. The van der Waals surface area contributed by atoms with Crippen LogP contribution in [0.3, 0.4) is 0 Å². The average molecular weight is 348 g/mol. The van der Waals surface area contributed by atoms with E-state index in [1.165, 1.54) is 0 Å². The molecule has 0 aliphatic carbocycles. The van der Waals surface area contributed by atoms with Crippen LogP contribution in [-0.4, -0.2) is 65.5 Å². The zero-order valence-corrected chi connectivity index (χ0v) is 14.1. The first-order chi connectivity index (χ1) is 11.5. The third kappa shape index (κ3) is 2.37. The van der Waals surface area contributed by atoms with Crippen molar-refractivity contribution in [2.75, 3.05) is 33.3 Å². The van der Waals surface area contributed by atoms with Crippen LogP contribution in [0.2, 0.25) is 5.02 Å². The van der Waals surface area contributed by atoms with E-state index in [-0.39, 0.29) is 18.4 Å². The van der Waals surface area contributed by atoms with E-state index in [9.17, 15) is 9.59 Å². The number of likely N-dealkylation sites (tertiary alicyclic amines) is 1. The molecule has 3 heterocycles. The molecule has 126 valence electrons. The highest BCUT2D eigenvalue weighted by molar-refractivity contribution is 6.38. The number of aromatic amines is 1. The highest BCUT2D eigenvalue weighted by Crippen LogP contribution is 2.33. The third-order valence-corrected chi connectivity index (χ3v) is 5.31. The van der Waals surface area contributed by atoms with E-state index < -0.39 is 5.60 Å². The second-order valence-corrected chi connectivity index (χ2v) is 6.94. The van der Waals surface area contributed by atoms with Crippen LogP contribution in [0.4, 0.5) is 0 Å². The predicted molar refractivity (Wildman–Crippen MR) is 90.1 cm³/mol. The van der Waals surface area contributed by atoms with Gasteiger partial charge in [0.15, 0.2) is 0 Å². The fraction of sp³-hybridized carbons (Fsp3) is 0.412. The second kappa shape index (κ2) is 5.50. The van der Waals surface area contributed by atoms with E-state index in [4.69, 9.17) is 16.3 Å². The first-order valence-corrected chi connectivity index (χ1v) is 8.30. The van der Waals surface area contributed by atoms with Crippen LogP contribution < -0.4 is 0 Å². The number of hydrogen-bond donors (Lipinski definition) is 1. The molecule has 2 fully saturated rings. The van der Waals surface area contributed by atoms with Gasteiger partial charge in [-0.05, 0) is 12.5 Å². The van der Waals surface area contributed by atoms with Crippen molar-refractivity contribution in [3.63, 3.8) is 0 Å². The number of halogens is 1. The maximum absolute atomic E-state index is 12.9. The molecule has 6 nitrogen and oxygen atoms in total. The molecule has 1 aromatic heterocycles. The first kappa shape index (κ1) is 15.5. The molecule has 24 heavy (non-hydrogen) atoms. The zero-order chi connectivity index (χ0) is 16.9. The van der Waals surface area contributed by atoms with Gasteiger partial charge in [-0.15, -0.1) is 0 Å². The van der Waals surface area contributed by atoms with Gasteiger partial charge in [-0.25, -0.2) is 0 Å². The van der Waals surface area contributed by atoms with E-state index in [2.05, 4.69) is 4.98 Å². The van der Waals surface area contributed by atoms with Crippen LogP contribution in [0.15, 0.2) is 24.3 Å². The predicted octanol–water partition coefficient (Wildman–Crippen LogP) is 1.89. The molecular formula is C17H18ClN3O3. The second-order valence-electron chi connectivity index (χ2n) is 6.56. The Morgan fingerprint density at radius 1 is 1.33 bits per heavy atom.